The number of fused-ring (bicyclic) bond motifs is 1. The molecular formula is C29H38N4O4. The highest BCUT2D eigenvalue weighted by molar-refractivity contribution is 6.05. The van der Waals surface area contributed by atoms with Crippen molar-refractivity contribution in [2.75, 3.05) is 19.6 Å². The van der Waals surface area contributed by atoms with Gasteiger partial charge in [-0.05, 0) is 61.1 Å². The summed E-state index contributed by atoms with van der Waals surface area (Å²) in [7, 11) is 0. The topological polar surface area (TPSA) is 105 Å². The Morgan fingerprint density at radius 2 is 1.86 bits per heavy atom. The van der Waals surface area contributed by atoms with Gasteiger partial charge < -0.3 is 15.4 Å². The summed E-state index contributed by atoms with van der Waals surface area (Å²) < 4.78 is 6.25. The van der Waals surface area contributed by atoms with Gasteiger partial charge >= 0.3 is 0 Å². The van der Waals surface area contributed by atoms with Gasteiger partial charge in [-0.3, -0.25) is 24.6 Å². The molecule has 0 saturated carbocycles. The molecule has 2 saturated heterocycles. The highest BCUT2D eigenvalue weighted by atomic mass is 16.5. The summed E-state index contributed by atoms with van der Waals surface area (Å²) in [5.74, 6) is 0.606. The van der Waals surface area contributed by atoms with Crippen molar-refractivity contribution < 1.29 is 19.1 Å². The lowest BCUT2D eigenvalue weighted by Gasteiger charge is -2.33. The van der Waals surface area contributed by atoms with Crippen LogP contribution in [0.25, 0.3) is 0 Å². The first kappa shape index (κ1) is 26.8. The monoisotopic (exact) mass is 506 g/mol. The lowest BCUT2D eigenvalue weighted by atomic mass is 10.0. The quantitative estimate of drug-likeness (QED) is 0.584. The van der Waals surface area contributed by atoms with Crippen LogP contribution in [0, 0.1) is 5.92 Å². The molecule has 5 rings (SSSR count). The van der Waals surface area contributed by atoms with Crippen LogP contribution in [-0.4, -0.2) is 59.3 Å². The lowest BCUT2D eigenvalue weighted by molar-refractivity contribution is -0.136. The molecule has 3 aliphatic heterocycles. The predicted molar refractivity (Wildman–Crippen MR) is 142 cm³/mol. The number of rotatable bonds is 6. The smallest absolute Gasteiger partial charge is 0.255 e. The largest absolute Gasteiger partial charge is 0.489 e. The van der Waals surface area contributed by atoms with E-state index in [1.807, 2.05) is 42.5 Å². The Morgan fingerprint density at radius 3 is 2.54 bits per heavy atom. The number of nitrogens with two attached hydrogens (primary N) is 1. The van der Waals surface area contributed by atoms with E-state index in [1.165, 1.54) is 5.56 Å². The molecule has 0 aliphatic carbocycles. The number of carbonyl (C=O) groups excluding carboxylic acids is 3. The first-order chi connectivity index (χ1) is 17.8. The maximum absolute atomic E-state index is 12.8. The van der Waals surface area contributed by atoms with E-state index in [2.05, 4.69) is 24.1 Å². The standard InChI is InChI=1S/C22H29N3O4.C7H9N/c1-14(2)11-24-9-3-4-17(13-24)29-16-5-6-18-15(10-16)12-25(22(18)28)19-7-8-20(26)23-21(19)27;8-6-7-4-2-1-3-5-7/h5-6,10,14,17,19H,3-4,7-9,11-13H2,1-2H3,(H,23,26,27);1-5H,6,8H2. The van der Waals surface area contributed by atoms with Gasteiger partial charge in [0.1, 0.15) is 17.9 Å². The van der Waals surface area contributed by atoms with Crippen LogP contribution in [0.1, 0.15) is 61.0 Å². The Balaban J connectivity index is 0.000000342. The molecule has 0 bridgehead atoms. The molecule has 2 atom stereocenters. The maximum atomic E-state index is 12.8. The molecule has 3 N–H and O–H groups in total. The zero-order valence-corrected chi connectivity index (χ0v) is 21.8. The van der Waals surface area contributed by atoms with Crippen molar-refractivity contribution in [3.63, 3.8) is 0 Å². The van der Waals surface area contributed by atoms with Gasteiger partial charge in [0.15, 0.2) is 0 Å². The number of nitrogens with zero attached hydrogens (tertiary/aromatic N) is 2. The molecular weight excluding hydrogens is 468 g/mol. The number of piperidine rings is 2. The van der Waals surface area contributed by atoms with Crippen molar-refractivity contribution >= 4 is 17.7 Å². The Morgan fingerprint density at radius 1 is 1.08 bits per heavy atom. The van der Waals surface area contributed by atoms with E-state index < -0.39 is 6.04 Å². The summed E-state index contributed by atoms with van der Waals surface area (Å²) in [6.07, 6.45) is 2.96. The van der Waals surface area contributed by atoms with Crippen molar-refractivity contribution in [2.45, 2.75) is 64.8 Å². The summed E-state index contributed by atoms with van der Waals surface area (Å²) in [4.78, 5) is 40.4. The average molecular weight is 507 g/mol. The fourth-order valence-electron chi connectivity index (χ4n) is 5.22. The third-order valence-electron chi connectivity index (χ3n) is 6.96. The number of amides is 3. The van der Waals surface area contributed by atoms with E-state index in [-0.39, 0.29) is 30.2 Å². The van der Waals surface area contributed by atoms with Gasteiger partial charge in [0.25, 0.3) is 5.91 Å². The van der Waals surface area contributed by atoms with Gasteiger partial charge in [-0.15, -0.1) is 0 Å². The van der Waals surface area contributed by atoms with Crippen LogP contribution in [-0.2, 0) is 22.7 Å². The number of benzene rings is 2. The third kappa shape index (κ3) is 6.96. The molecule has 8 nitrogen and oxygen atoms in total. The number of likely N-dealkylation sites (tertiary alicyclic amines) is 1. The van der Waals surface area contributed by atoms with E-state index in [4.69, 9.17) is 10.5 Å². The first-order valence-electron chi connectivity index (χ1n) is 13.2. The highest BCUT2D eigenvalue weighted by Gasteiger charge is 2.39. The molecule has 37 heavy (non-hydrogen) atoms. The van der Waals surface area contributed by atoms with Crippen molar-refractivity contribution in [3.05, 3.63) is 65.2 Å². The zero-order valence-electron chi connectivity index (χ0n) is 21.8. The minimum absolute atomic E-state index is 0.151. The van der Waals surface area contributed by atoms with Crippen LogP contribution < -0.4 is 15.8 Å². The molecule has 2 fully saturated rings. The predicted octanol–water partition coefficient (Wildman–Crippen LogP) is 3.09. The van der Waals surface area contributed by atoms with Crippen LogP contribution in [0.3, 0.4) is 0 Å². The number of carbonyl (C=O) groups is 3. The highest BCUT2D eigenvalue weighted by Crippen LogP contribution is 2.31. The van der Waals surface area contributed by atoms with E-state index >= 15 is 0 Å². The summed E-state index contributed by atoms with van der Waals surface area (Å²) in [6.45, 7) is 8.61. The van der Waals surface area contributed by atoms with E-state index in [0.29, 0.717) is 31.0 Å². The summed E-state index contributed by atoms with van der Waals surface area (Å²) >= 11 is 0. The number of nitrogens with one attached hydrogen (secondary N) is 1. The Bertz CT molecular complexity index is 1100. The van der Waals surface area contributed by atoms with Crippen LogP contribution >= 0.6 is 0 Å². The van der Waals surface area contributed by atoms with Crippen LogP contribution in [0.15, 0.2) is 48.5 Å². The summed E-state index contributed by atoms with van der Waals surface area (Å²) in [5, 5.41) is 2.34. The van der Waals surface area contributed by atoms with Crippen molar-refractivity contribution in [3.8, 4) is 5.75 Å². The number of imide groups is 1. The van der Waals surface area contributed by atoms with Gasteiger partial charge in [0.05, 0.1) is 0 Å². The minimum Gasteiger partial charge on any atom is -0.489 e. The Labute approximate surface area is 219 Å². The first-order valence-corrected chi connectivity index (χ1v) is 13.2. The normalized spacial score (nSPS) is 21.8. The molecule has 3 amide bonds. The van der Waals surface area contributed by atoms with Crippen LogP contribution in [0.2, 0.25) is 0 Å². The molecule has 198 valence electrons. The fourth-order valence-corrected chi connectivity index (χ4v) is 5.22. The van der Waals surface area contributed by atoms with Gasteiger partial charge in [-0.25, -0.2) is 0 Å². The van der Waals surface area contributed by atoms with Gasteiger partial charge in [-0.2, -0.15) is 0 Å². The Kier molecular flexibility index (Phi) is 8.95. The molecule has 3 heterocycles. The van der Waals surface area contributed by atoms with E-state index in [0.717, 1.165) is 43.8 Å². The molecule has 2 aromatic carbocycles. The Hall–Kier alpha value is -3.23. The summed E-state index contributed by atoms with van der Waals surface area (Å²) in [6, 6.07) is 15.0. The van der Waals surface area contributed by atoms with Crippen molar-refractivity contribution in [2.24, 2.45) is 11.7 Å². The maximum Gasteiger partial charge on any atom is 0.255 e. The van der Waals surface area contributed by atoms with Crippen LogP contribution in [0.5, 0.6) is 5.75 Å². The second-order valence-corrected chi connectivity index (χ2v) is 10.4. The SMILES string of the molecule is CC(C)CN1CCCC(Oc2ccc3c(c2)CN(C2CCC(=O)NC2=O)C3=O)C1.NCc1ccccc1. The molecule has 0 spiro atoms. The number of hydrogen-bond acceptors (Lipinski definition) is 6. The van der Waals surface area contributed by atoms with Gasteiger partial charge in [0, 0.05) is 38.2 Å². The molecule has 2 unspecified atom stereocenters. The minimum atomic E-state index is -0.583. The van der Waals surface area contributed by atoms with Crippen molar-refractivity contribution in [1.82, 2.24) is 15.1 Å². The molecule has 3 aliphatic rings. The number of ether oxygens (including phenoxy) is 1. The van der Waals surface area contributed by atoms with Crippen molar-refractivity contribution in [1.29, 1.82) is 0 Å². The lowest BCUT2D eigenvalue weighted by Crippen LogP contribution is -2.52. The zero-order chi connectivity index (χ0) is 26.4. The van der Waals surface area contributed by atoms with Gasteiger partial charge in [0.2, 0.25) is 11.8 Å². The molecule has 8 heteroatoms. The van der Waals surface area contributed by atoms with E-state index in [1.54, 1.807) is 11.0 Å². The number of hydrogen-bond donors (Lipinski definition) is 2. The molecule has 2 aromatic rings. The second-order valence-electron chi connectivity index (χ2n) is 10.4. The van der Waals surface area contributed by atoms with Gasteiger partial charge in [-0.1, -0.05) is 44.2 Å². The van der Waals surface area contributed by atoms with Crippen LogP contribution in [0.4, 0.5) is 0 Å². The third-order valence-corrected chi connectivity index (χ3v) is 6.96. The second kappa shape index (κ2) is 12.3. The summed E-state index contributed by atoms with van der Waals surface area (Å²) in [5.41, 5.74) is 8.04. The average Bonchev–Trinajstić information content (AvgIpc) is 3.20. The molecule has 0 radical (unpaired) electrons. The molecule has 0 aromatic heterocycles. The van der Waals surface area contributed by atoms with E-state index in [9.17, 15) is 14.4 Å². The fraction of sp³-hybridized carbons (Fsp3) is 0.483.